The monoisotopic (exact) mass is 331 g/mol. The number of carbonyl (C=O) groups excluding carboxylic acids is 2. The number of amides is 2. The summed E-state index contributed by atoms with van der Waals surface area (Å²) < 4.78 is 0. The van der Waals surface area contributed by atoms with Gasteiger partial charge < -0.3 is 9.80 Å². The summed E-state index contributed by atoms with van der Waals surface area (Å²) in [5.74, 6) is -0.312. The van der Waals surface area contributed by atoms with Crippen molar-refractivity contribution >= 4 is 28.9 Å². The molecule has 0 radical (unpaired) electrons. The molecule has 0 bridgehead atoms. The Labute approximate surface area is 138 Å². The highest BCUT2D eigenvalue weighted by Crippen LogP contribution is 2.20. The zero-order chi connectivity index (χ0) is 17.1. The molecule has 9 heteroatoms. The zero-order valence-corrected chi connectivity index (χ0v) is 13.0. The van der Waals surface area contributed by atoms with Crippen molar-refractivity contribution in [3.63, 3.8) is 0 Å². The van der Waals surface area contributed by atoms with E-state index < -0.39 is 4.92 Å². The number of anilines is 1. The summed E-state index contributed by atoms with van der Waals surface area (Å²) in [7, 11) is 0. The minimum atomic E-state index is -0.427. The summed E-state index contributed by atoms with van der Waals surface area (Å²) in [6.45, 7) is 2.37. The van der Waals surface area contributed by atoms with Crippen molar-refractivity contribution in [2.24, 2.45) is 5.10 Å². The molecule has 1 aromatic carbocycles. The highest BCUT2D eigenvalue weighted by atomic mass is 16.6. The third kappa shape index (κ3) is 3.34. The molecule has 1 N–H and O–H groups in total. The van der Waals surface area contributed by atoms with Crippen molar-refractivity contribution < 1.29 is 14.5 Å². The van der Waals surface area contributed by atoms with Crippen LogP contribution in [0.2, 0.25) is 0 Å². The van der Waals surface area contributed by atoms with E-state index in [0.717, 1.165) is 5.69 Å². The Balaban J connectivity index is 1.58. The molecule has 24 heavy (non-hydrogen) atoms. The van der Waals surface area contributed by atoms with E-state index in [1.165, 1.54) is 12.1 Å². The van der Waals surface area contributed by atoms with Crippen LogP contribution in [0.1, 0.15) is 12.8 Å². The van der Waals surface area contributed by atoms with Crippen molar-refractivity contribution in [3.8, 4) is 0 Å². The van der Waals surface area contributed by atoms with Crippen LogP contribution in [0.25, 0.3) is 0 Å². The predicted molar refractivity (Wildman–Crippen MR) is 86.7 cm³/mol. The molecule has 9 nitrogen and oxygen atoms in total. The van der Waals surface area contributed by atoms with E-state index in [1.807, 2.05) is 0 Å². The quantitative estimate of drug-likeness (QED) is 0.641. The maximum Gasteiger partial charge on any atom is 0.270 e. The highest BCUT2D eigenvalue weighted by Gasteiger charge is 2.26. The molecule has 0 unspecified atom stereocenters. The number of nitro groups is 1. The first-order chi connectivity index (χ1) is 11.5. The Morgan fingerprint density at radius 2 is 1.79 bits per heavy atom. The van der Waals surface area contributed by atoms with Gasteiger partial charge in [0.1, 0.15) is 5.71 Å². The standard InChI is InChI=1S/C15H17N5O4/c21-14-6-5-13(16-17-14)15(22)19-9-7-18(8-10-19)11-1-3-12(4-2-11)20(23)24/h1-4H,5-10H2,(H,17,21). The van der Waals surface area contributed by atoms with Gasteiger partial charge in [-0.25, -0.2) is 5.43 Å². The van der Waals surface area contributed by atoms with Crippen LogP contribution in [0.3, 0.4) is 0 Å². The van der Waals surface area contributed by atoms with Crippen LogP contribution in [0.15, 0.2) is 29.4 Å². The van der Waals surface area contributed by atoms with Crippen LogP contribution in [0, 0.1) is 10.1 Å². The number of carbonyl (C=O) groups is 2. The summed E-state index contributed by atoms with van der Waals surface area (Å²) in [6.07, 6.45) is 0.653. The van der Waals surface area contributed by atoms with Gasteiger partial charge in [-0.15, -0.1) is 0 Å². The van der Waals surface area contributed by atoms with Crippen molar-refractivity contribution in [2.45, 2.75) is 12.8 Å². The first-order valence-corrected chi connectivity index (χ1v) is 7.68. The molecule has 2 aliphatic heterocycles. The van der Waals surface area contributed by atoms with Crippen molar-refractivity contribution in [2.75, 3.05) is 31.1 Å². The van der Waals surface area contributed by atoms with Gasteiger partial charge in [0, 0.05) is 56.8 Å². The molecule has 0 saturated carbocycles. The second-order valence-electron chi connectivity index (χ2n) is 5.65. The van der Waals surface area contributed by atoms with Crippen molar-refractivity contribution in [1.29, 1.82) is 0 Å². The molecular formula is C15H17N5O4. The second-order valence-corrected chi connectivity index (χ2v) is 5.65. The Bertz CT molecular complexity index is 692. The Kier molecular flexibility index (Phi) is 4.41. The number of hydrazone groups is 1. The number of nitrogens with zero attached hydrogens (tertiary/aromatic N) is 4. The van der Waals surface area contributed by atoms with E-state index in [2.05, 4.69) is 15.4 Å². The molecule has 1 fully saturated rings. The summed E-state index contributed by atoms with van der Waals surface area (Å²) in [5.41, 5.74) is 3.68. The van der Waals surface area contributed by atoms with Gasteiger partial charge >= 0.3 is 0 Å². The number of nitro benzene ring substituents is 1. The van der Waals surface area contributed by atoms with E-state index in [4.69, 9.17) is 0 Å². The van der Waals surface area contributed by atoms with Crippen LogP contribution in [0.5, 0.6) is 0 Å². The maximum atomic E-state index is 12.4. The number of non-ortho nitro benzene ring substituents is 1. The minimum Gasteiger partial charge on any atom is -0.368 e. The normalized spacial score (nSPS) is 18.0. The highest BCUT2D eigenvalue weighted by molar-refractivity contribution is 6.39. The SMILES string of the molecule is O=C1CCC(C(=O)N2CCN(c3ccc([N+](=O)[O-])cc3)CC2)=NN1. The first kappa shape index (κ1) is 15.9. The number of nitrogens with one attached hydrogen (secondary N) is 1. The number of benzene rings is 1. The zero-order valence-electron chi connectivity index (χ0n) is 13.0. The van der Waals surface area contributed by atoms with Crippen molar-refractivity contribution in [1.82, 2.24) is 10.3 Å². The number of piperazine rings is 1. The molecule has 2 aliphatic rings. The lowest BCUT2D eigenvalue weighted by Crippen LogP contribution is -2.51. The van der Waals surface area contributed by atoms with Gasteiger partial charge in [-0.05, 0) is 12.1 Å². The van der Waals surface area contributed by atoms with Crippen LogP contribution in [0.4, 0.5) is 11.4 Å². The molecule has 0 aliphatic carbocycles. The van der Waals surface area contributed by atoms with E-state index in [1.54, 1.807) is 17.0 Å². The third-order valence-corrected chi connectivity index (χ3v) is 4.14. The van der Waals surface area contributed by atoms with Gasteiger partial charge in [-0.2, -0.15) is 5.10 Å². The molecule has 0 atom stereocenters. The van der Waals surface area contributed by atoms with Crippen LogP contribution < -0.4 is 10.3 Å². The van der Waals surface area contributed by atoms with Gasteiger partial charge in [0.15, 0.2) is 0 Å². The van der Waals surface area contributed by atoms with Gasteiger partial charge in [0.05, 0.1) is 4.92 Å². The van der Waals surface area contributed by atoms with Gasteiger partial charge in [-0.3, -0.25) is 19.7 Å². The maximum absolute atomic E-state index is 12.4. The van der Waals surface area contributed by atoms with Gasteiger partial charge in [-0.1, -0.05) is 0 Å². The largest absolute Gasteiger partial charge is 0.368 e. The fraction of sp³-hybridized carbons (Fsp3) is 0.400. The summed E-state index contributed by atoms with van der Waals surface area (Å²) in [6, 6.07) is 6.39. The van der Waals surface area contributed by atoms with E-state index in [-0.39, 0.29) is 23.9 Å². The lowest BCUT2D eigenvalue weighted by atomic mass is 10.1. The molecule has 2 heterocycles. The fourth-order valence-electron chi connectivity index (χ4n) is 2.76. The Morgan fingerprint density at radius 3 is 2.33 bits per heavy atom. The van der Waals surface area contributed by atoms with E-state index in [9.17, 15) is 19.7 Å². The third-order valence-electron chi connectivity index (χ3n) is 4.14. The van der Waals surface area contributed by atoms with Crippen LogP contribution >= 0.6 is 0 Å². The van der Waals surface area contributed by atoms with Crippen LogP contribution in [-0.2, 0) is 9.59 Å². The lowest BCUT2D eigenvalue weighted by Gasteiger charge is -2.36. The topological polar surface area (TPSA) is 108 Å². The molecule has 0 spiro atoms. The molecule has 2 amide bonds. The lowest BCUT2D eigenvalue weighted by molar-refractivity contribution is -0.384. The van der Waals surface area contributed by atoms with Crippen molar-refractivity contribution in [3.05, 3.63) is 34.4 Å². The number of hydrogen-bond acceptors (Lipinski definition) is 6. The molecular weight excluding hydrogens is 314 g/mol. The molecule has 3 rings (SSSR count). The molecule has 1 saturated heterocycles. The first-order valence-electron chi connectivity index (χ1n) is 7.68. The Morgan fingerprint density at radius 1 is 1.12 bits per heavy atom. The molecule has 0 aromatic heterocycles. The predicted octanol–water partition coefficient (Wildman–Crippen LogP) is 0.509. The summed E-state index contributed by atoms with van der Waals surface area (Å²) >= 11 is 0. The Hall–Kier alpha value is -2.97. The average Bonchev–Trinajstić information content (AvgIpc) is 2.62. The molecule has 126 valence electrons. The summed E-state index contributed by atoms with van der Waals surface area (Å²) in [5, 5.41) is 14.5. The number of rotatable bonds is 3. The van der Waals surface area contributed by atoms with Crippen LogP contribution in [-0.4, -0.2) is 53.5 Å². The average molecular weight is 331 g/mol. The minimum absolute atomic E-state index is 0.0601. The number of hydrogen-bond donors (Lipinski definition) is 1. The smallest absolute Gasteiger partial charge is 0.270 e. The van der Waals surface area contributed by atoms with E-state index >= 15 is 0 Å². The fourth-order valence-corrected chi connectivity index (χ4v) is 2.76. The molecule has 1 aromatic rings. The van der Waals surface area contributed by atoms with Gasteiger partial charge in [0.2, 0.25) is 5.91 Å². The summed E-state index contributed by atoms with van der Waals surface area (Å²) in [4.78, 5) is 37.5. The second kappa shape index (κ2) is 6.65. The van der Waals surface area contributed by atoms with Gasteiger partial charge in [0.25, 0.3) is 11.6 Å². The van der Waals surface area contributed by atoms with E-state index in [0.29, 0.717) is 38.3 Å².